The second-order valence-electron chi connectivity index (χ2n) is 4.18. The third-order valence-corrected chi connectivity index (χ3v) is 3.44. The van der Waals surface area contributed by atoms with E-state index in [0.717, 1.165) is 16.5 Å². The van der Waals surface area contributed by atoms with Crippen LogP contribution in [0.4, 0.5) is 5.95 Å². The van der Waals surface area contributed by atoms with Gasteiger partial charge in [0.05, 0.1) is 10.7 Å². The van der Waals surface area contributed by atoms with Gasteiger partial charge in [-0.3, -0.25) is 0 Å². The molecule has 4 nitrogen and oxygen atoms in total. The molecule has 3 aromatic rings. The van der Waals surface area contributed by atoms with Gasteiger partial charge < -0.3 is 10.1 Å². The second kappa shape index (κ2) is 5.46. The van der Waals surface area contributed by atoms with E-state index in [1.54, 1.807) is 13.2 Å². The van der Waals surface area contributed by atoms with E-state index in [1.165, 1.54) is 0 Å². The quantitative estimate of drug-likeness (QED) is 0.781. The molecule has 3 rings (SSSR count). The van der Waals surface area contributed by atoms with E-state index in [2.05, 4.69) is 43.3 Å². The van der Waals surface area contributed by atoms with Crippen molar-refractivity contribution in [3.63, 3.8) is 0 Å². The van der Waals surface area contributed by atoms with Crippen LogP contribution in [0.25, 0.3) is 10.8 Å². The Hall–Kier alpha value is -2.14. The summed E-state index contributed by atoms with van der Waals surface area (Å²) >= 11 is 3.40. The molecule has 2 aromatic carbocycles. The Labute approximate surface area is 125 Å². The lowest BCUT2D eigenvalue weighted by atomic mass is 10.1. The lowest BCUT2D eigenvalue weighted by Gasteiger charge is -2.10. The van der Waals surface area contributed by atoms with Crippen molar-refractivity contribution in [2.75, 3.05) is 12.4 Å². The van der Waals surface area contributed by atoms with E-state index in [4.69, 9.17) is 4.74 Å². The van der Waals surface area contributed by atoms with Crippen molar-refractivity contribution in [1.82, 2.24) is 9.97 Å². The molecule has 1 aromatic heterocycles. The third-order valence-electron chi connectivity index (χ3n) is 2.89. The van der Waals surface area contributed by atoms with Crippen LogP contribution < -0.4 is 10.1 Å². The highest BCUT2D eigenvalue weighted by Gasteiger charge is 2.09. The molecule has 0 saturated heterocycles. The van der Waals surface area contributed by atoms with Gasteiger partial charge >= 0.3 is 0 Å². The summed E-state index contributed by atoms with van der Waals surface area (Å²) in [7, 11) is 1.77. The van der Waals surface area contributed by atoms with Crippen molar-refractivity contribution < 1.29 is 4.74 Å². The molecular formula is C15H12BrN3O. The molecule has 1 N–H and O–H groups in total. The van der Waals surface area contributed by atoms with E-state index in [0.29, 0.717) is 16.3 Å². The molecule has 0 fully saturated rings. The maximum Gasteiger partial charge on any atom is 0.238 e. The van der Waals surface area contributed by atoms with E-state index in [1.807, 2.05) is 30.3 Å². The largest absolute Gasteiger partial charge is 0.437 e. The van der Waals surface area contributed by atoms with Crippen LogP contribution in [-0.2, 0) is 0 Å². The topological polar surface area (TPSA) is 47.0 Å². The number of hydrogen-bond donors (Lipinski definition) is 1. The number of nitrogens with one attached hydrogen (secondary N) is 1. The Morgan fingerprint density at radius 1 is 1.10 bits per heavy atom. The van der Waals surface area contributed by atoms with Crippen LogP contribution >= 0.6 is 15.9 Å². The average Bonchev–Trinajstić information content (AvgIpc) is 2.50. The number of hydrogen-bond acceptors (Lipinski definition) is 4. The molecular weight excluding hydrogens is 318 g/mol. The Kier molecular flexibility index (Phi) is 3.52. The van der Waals surface area contributed by atoms with Crippen LogP contribution in [0.15, 0.2) is 53.1 Å². The smallest absolute Gasteiger partial charge is 0.238 e. The van der Waals surface area contributed by atoms with Crippen molar-refractivity contribution in [3.8, 4) is 11.6 Å². The summed E-state index contributed by atoms with van der Waals surface area (Å²) in [6.07, 6.45) is 1.67. The molecule has 0 radical (unpaired) electrons. The minimum absolute atomic E-state index is 0.487. The molecule has 5 heteroatoms. The van der Waals surface area contributed by atoms with Gasteiger partial charge in [-0.1, -0.05) is 36.4 Å². The van der Waals surface area contributed by atoms with Gasteiger partial charge in [0.25, 0.3) is 0 Å². The Balaban J connectivity index is 2.05. The summed E-state index contributed by atoms with van der Waals surface area (Å²) in [6, 6.07) is 14.0. The number of aromatic nitrogens is 2. The number of fused-ring (bicyclic) bond motifs is 1. The zero-order valence-corrected chi connectivity index (χ0v) is 12.4. The number of nitrogens with zero attached hydrogens (tertiary/aromatic N) is 2. The summed E-state index contributed by atoms with van der Waals surface area (Å²) < 4.78 is 6.64. The highest BCUT2D eigenvalue weighted by atomic mass is 79.9. The first-order chi connectivity index (χ1) is 9.78. The number of ether oxygens (including phenoxy) is 1. The number of anilines is 1. The summed E-state index contributed by atoms with van der Waals surface area (Å²) in [4.78, 5) is 8.41. The highest BCUT2D eigenvalue weighted by Crippen LogP contribution is 2.32. The zero-order chi connectivity index (χ0) is 13.9. The van der Waals surface area contributed by atoms with Crippen LogP contribution in [0.2, 0.25) is 0 Å². The molecule has 0 aliphatic rings. The summed E-state index contributed by atoms with van der Waals surface area (Å²) in [5.74, 6) is 1.77. The number of halogens is 1. The fraction of sp³-hybridized carbons (Fsp3) is 0.0667. The van der Waals surface area contributed by atoms with E-state index in [-0.39, 0.29) is 0 Å². The van der Waals surface area contributed by atoms with Gasteiger partial charge in [0, 0.05) is 12.4 Å². The minimum Gasteiger partial charge on any atom is -0.437 e. The lowest BCUT2D eigenvalue weighted by Crippen LogP contribution is -1.98. The lowest BCUT2D eigenvalue weighted by molar-refractivity contribution is 0.464. The van der Waals surface area contributed by atoms with Gasteiger partial charge in [0.1, 0.15) is 5.75 Å². The van der Waals surface area contributed by atoms with Crippen molar-refractivity contribution in [2.45, 2.75) is 0 Å². The monoisotopic (exact) mass is 329 g/mol. The van der Waals surface area contributed by atoms with Gasteiger partial charge in [-0.15, -0.1) is 0 Å². The van der Waals surface area contributed by atoms with Gasteiger partial charge in [-0.25, -0.2) is 4.98 Å². The van der Waals surface area contributed by atoms with Gasteiger partial charge in [-0.2, -0.15) is 4.98 Å². The fourth-order valence-corrected chi connectivity index (χ4v) is 2.20. The average molecular weight is 330 g/mol. The van der Waals surface area contributed by atoms with E-state index in [9.17, 15) is 0 Å². The van der Waals surface area contributed by atoms with E-state index < -0.39 is 0 Å². The second-order valence-corrected chi connectivity index (χ2v) is 5.03. The van der Waals surface area contributed by atoms with Crippen LogP contribution in [0.5, 0.6) is 11.6 Å². The van der Waals surface area contributed by atoms with Gasteiger partial charge in [0.15, 0.2) is 0 Å². The molecule has 0 saturated carbocycles. The first-order valence-corrected chi connectivity index (χ1v) is 6.93. The van der Waals surface area contributed by atoms with Gasteiger partial charge in [0.2, 0.25) is 11.8 Å². The Morgan fingerprint density at radius 3 is 2.75 bits per heavy atom. The zero-order valence-electron chi connectivity index (χ0n) is 10.8. The van der Waals surface area contributed by atoms with Crippen LogP contribution in [0.3, 0.4) is 0 Å². The molecule has 0 atom stereocenters. The van der Waals surface area contributed by atoms with Crippen LogP contribution in [0, 0.1) is 0 Å². The molecule has 0 amide bonds. The Morgan fingerprint density at radius 2 is 1.90 bits per heavy atom. The first-order valence-electron chi connectivity index (χ1n) is 6.14. The van der Waals surface area contributed by atoms with Crippen molar-refractivity contribution >= 4 is 32.7 Å². The summed E-state index contributed by atoms with van der Waals surface area (Å²) in [5, 5.41) is 5.07. The predicted octanol–water partition coefficient (Wildman–Crippen LogP) is 4.23. The number of rotatable bonds is 3. The first kappa shape index (κ1) is 12.9. The highest BCUT2D eigenvalue weighted by molar-refractivity contribution is 9.10. The number of benzene rings is 2. The summed E-state index contributed by atoms with van der Waals surface area (Å²) in [6.45, 7) is 0. The molecule has 20 heavy (non-hydrogen) atoms. The predicted molar refractivity (Wildman–Crippen MR) is 83.3 cm³/mol. The maximum absolute atomic E-state index is 5.93. The Bertz CT molecular complexity index is 756. The van der Waals surface area contributed by atoms with E-state index >= 15 is 0 Å². The molecule has 0 bridgehead atoms. The molecule has 0 spiro atoms. The van der Waals surface area contributed by atoms with Crippen LogP contribution in [-0.4, -0.2) is 17.0 Å². The van der Waals surface area contributed by atoms with Crippen molar-refractivity contribution in [2.24, 2.45) is 0 Å². The standard InChI is InChI=1S/C15H12BrN3O/c1-17-15-18-9-12(16)14(19-15)20-13-8-4-6-10-5-2-3-7-11(10)13/h2-9H,1H3,(H,17,18,19). The van der Waals surface area contributed by atoms with Crippen molar-refractivity contribution in [1.29, 1.82) is 0 Å². The fourth-order valence-electron chi connectivity index (χ4n) is 1.93. The molecule has 0 aliphatic heterocycles. The molecule has 0 aliphatic carbocycles. The summed E-state index contributed by atoms with van der Waals surface area (Å²) in [5.41, 5.74) is 0. The SMILES string of the molecule is CNc1ncc(Br)c(Oc2cccc3ccccc23)n1. The van der Waals surface area contributed by atoms with Gasteiger partial charge in [-0.05, 0) is 27.4 Å². The third kappa shape index (κ3) is 2.44. The van der Waals surface area contributed by atoms with Crippen LogP contribution in [0.1, 0.15) is 0 Å². The minimum atomic E-state index is 0.487. The normalized spacial score (nSPS) is 10.5. The molecule has 1 heterocycles. The molecule has 100 valence electrons. The van der Waals surface area contributed by atoms with Crippen molar-refractivity contribution in [3.05, 3.63) is 53.1 Å². The molecule has 0 unspecified atom stereocenters. The maximum atomic E-state index is 5.93.